The number of rotatable bonds is 7. The molecule has 12 heteroatoms. The van der Waals surface area contributed by atoms with E-state index in [9.17, 15) is 35.9 Å². The molecule has 1 amide bonds. The van der Waals surface area contributed by atoms with E-state index in [0.29, 0.717) is 46.4 Å². The molecule has 0 unspecified atom stereocenters. The van der Waals surface area contributed by atoms with Crippen LogP contribution in [-0.4, -0.2) is 31.5 Å². The van der Waals surface area contributed by atoms with Gasteiger partial charge in [-0.25, -0.2) is 4.79 Å². The largest absolute Gasteiger partial charge is 0.496 e. The van der Waals surface area contributed by atoms with Gasteiger partial charge in [0.25, 0.3) is 0 Å². The second-order valence-electron chi connectivity index (χ2n) is 8.12. The predicted molar refractivity (Wildman–Crippen MR) is 127 cm³/mol. The first-order chi connectivity index (χ1) is 17.8. The van der Waals surface area contributed by atoms with E-state index in [4.69, 9.17) is 21.1 Å². The van der Waals surface area contributed by atoms with Gasteiger partial charge < -0.3 is 9.47 Å². The molecule has 3 aromatic rings. The molecule has 0 aliphatic carbocycles. The van der Waals surface area contributed by atoms with Crippen LogP contribution in [0.15, 0.2) is 54.6 Å². The van der Waals surface area contributed by atoms with Crippen molar-refractivity contribution in [3.63, 3.8) is 0 Å². The van der Waals surface area contributed by atoms with Gasteiger partial charge in [0.2, 0.25) is 0 Å². The molecule has 0 spiro atoms. The SMILES string of the molecule is COC(=O)N(Cc1cc(C(F)(F)F)cc(C(F)(F)F)c1)Cc1cc(Cl)ccc1-c1cc(C=O)ccc1OC. The summed E-state index contributed by atoms with van der Waals surface area (Å²) in [5, 5.41) is 0.248. The minimum atomic E-state index is -5.05. The van der Waals surface area contributed by atoms with E-state index in [1.165, 1.54) is 31.4 Å². The summed E-state index contributed by atoms with van der Waals surface area (Å²) in [6.45, 7) is -0.953. The molecule has 0 aliphatic heterocycles. The standard InChI is InChI=1S/C26H20ClF6NO4/c1-37-23-6-3-15(14-35)9-22(23)21-5-4-20(27)10-17(21)13-34(24(36)38-2)12-16-7-18(25(28,29)30)11-19(8-16)26(31,32)33/h3-11,14H,12-13H2,1-2H3. The van der Waals surface area contributed by atoms with Crippen LogP contribution in [0.4, 0.5) is 31.1 Å². The van der Waals surface area contributed by atoms with Crippen molar-refractivity contribution >= 4 is 24.0 Å². The lowest BCUT2D eigenvalue weighted by atomic mass is 9.96. The van der Waals surface area contributed by atoms with Crippen molar-refractivity contribution in [2.45, 2.75) is 25.4 Å². The number of nitrogens with zero attached hydrogens (tertiary/aromatic N) is 1. The number of aldehydes is 1. The van der Waals surface area contributed by atoms with Crippen LogP contribution < -0.4 is 4.74 Å². The number of alkyl halides is 6. The maximum Gasteiger partial charge on any atom is 0.416 e. The highest BCUT2D eigenvalue weighted by Crippen LogP contribution is 2.38. The van der Waals surface area contributed by atoms with Crippen molar-refractivity contribution in [3.05, 3.63) is 87.4 Å². The summed E-state index contributed by atoms with van der Waals surface area (Å²) in [5.74, 6) is 0.372. The number of carbonyl (C=O) groups is 2. The van der Waals surface area contributed by atoms with Gasteiger partial charge in [-0.3, -0.25) is 9.69 Å². The van der Waals surface area contributed by atoms with Gasteiger partial charge in [0.05, 0.1) is 31.9 Å². The second kappa shape index (κ2) is 11.3. The third-order valence-electron chi connectivity index (χ3n) is 5.53. The van der Waals surface area contributed by atoms with E-state index in [-0.39, 0.29) is 17.6 Å². The van der Waals surface area contributed by atoms with Crippen molar-refractivity contribution in [3.8, 4) is 16.9 Å². The van der Waals surface area contributed by atoms with E-state index in [1.54, 1.807) is 12.1 Å². The molecule has 0 heterocycles. The fourth-order valence-corrected chi connectivity index (χ4v) is 4.01. The van der Waals surface area contributed by atoms with Crippen molar-refractivity contribution in [1.82, 2.24) is 4.90 Å². The van der Waals surface area contributed by atoms with Crippen LogP contribution in [0.2, 0.25) is 5.02 Å². The van der Waals surface area contributed by atoms with E-state index in [1.807, 2.05) is 0 Å². The number of halogens is 7. The Balaban J connectivity index is 2.10. The summed E-state index contributed by atoms with van der Waals surface area (Å²) in [6.07, 6.45) is -10.5. The second-order valence-corrected chi connectivity index (χ2v) is 8.56. The Morgan fingerprint density at radius 3 is 2.03 bits per heavy atom. The van der Waals surface area contributed by atoms with Crippen LogP contribution in [-0.2, 0) is 30.2 Å². The zero-order chi connectivity index (χ0) is 28.3. The van der Waals surface area contributed by atoms with Gasteiger partial charge in [0.15, 0.2) is 0 Å². The summed E-state index contributed by atoms with van der Waals surface area (Å²) in [4.78, 5) is 24.9. The summed E-state index contributed by atoms with van der Waals surface area (Å²) < 4.78 is 90.2. The van der Waals surface area contributed by atoms with Gasteiger partial charge in [0.1, 0.15) is 12.0 Å². The number of ether oxygens (including phenoxy) is 2. The third-order valence-corrected chi connectivity index (χ3v) is 5.77. The fourth-order valence-electron chi connectivity index (χ4n) is 3.82. The molecule has 3 rings (SSSR count). The summed E-state index contributed by atoms with van der Waals surface area (Å²) in [6, 6.07) is 10.3. The number of amides is 1. The van der Waals surface area contributed by atoms with Crippen LogP contribution >= 0.6 is 11.6 Å². The Bertz CT molecular complexity index is 1310. The van der Waals surface area contributed by atoms with Crippen LogP contribution in [0.5, 0.6) is 5.75 Å². The molecule has 0 fully saturated rings. The van der Waals surface area contributed by atoms with E-state index in [0.717, 1.165) is 12.0 Å². The zero-order valence-corrected chi connectivity index (χ0v) is 20.7. The maximum absolute atomic E-state index is 13.3. The van der Waals surface area contributed by atoms with E-state index in [2.05, 4.69) is 0 Å². The molecule has 0 aliphatic rings. The van der Waals surface area contributed by atoms with Crippen LogP contribution in [0, 0.1) is 0 Å². The van der Waals surface area contributed by atoms with Gasteiger partial charge in [-0.2, -0.15) is 26.3 Å². The van der Waals surface area contributed by atoms with Gasteiger partial charge in [-0.1, -0.05) is 17.7 Å². The predicted octanol–water partition coefficient (Wildman–Crippen LogP) is 7.63. The highest BCUT2D eigenvalue weighted by molar-refractivity contribution is 6.30. The molecular weight excluding hydrogens is 540 g/mol. The smallest absolute Gasteiger partial charge is 0.416 e. The highest BCUT2D eigenvalue weighted by atomic mass is 35.5. The minimum Gasteiger partial charge on any atom is -0.496 e. The molecule has 0 saturated carbocycles. The quantitative estimate of drug-likeness (QED) is 0.221. The Labute approximate surface area is 218 Å². The Morgan fingerprint density at radius 2 is 1.50 bits per heavy atom. The molecule has 0 aromatic heterocycles. The number of hydrogen-bond donors (Lipinski definition) is 0. The molecule has 3 aromatic carbocycles. The number of carbonyl (C=O) groups excluding carboxylic acids is 2. The zero-order valence-electron chi connectivity index (χ0n) is 19.9. The minimum absolute atomic E-state index is 0.00730. The van der Waals surface area contributed by atoms with Crippen LogP contribution in [0.25, 0.3) is 11.1 Å². The molecule has 0 saturated heterocycles. The van der Waals surface area contributed by atoms with Gasteiger partial charge in [-0.05, 0) is 65.2 Å². The maximum atomic E-state index is 13.3. The Morgan fingerprint density at radius 1 is 0.868 bits per heavy atom. The number of benzene rings is 3. The average Bonchev–Trinajstić information content (AvgIpc) is 2.86. The van der Waals surface area contributed by atoms with Gasteiger partial charge in [-0.15, -0.1) is 0 Å². The highest BCUT2D eigenvalue weighted by Gasteiger charge is 2.37. The van der Waals surface area contributed by atoms with Crippen molar-refractivity contribution in [2.24, 2.45) is 0 Å². The van der Waals surface area contributed by atoms with Crippen molar-refractivity contribution in [1.29, 1.82) is 0 Å². The average molecular weight is 560 g/mol. The molecule has 0 radical (unpaired) electrons. The van der Waals surface area contributed by atoms with Crippen molar-refractivity contribution in [2.75, 3.05) is 14.2 Å². The lowest BCUT2D eigenvalue weighted by Gasteiger charge is -2.24. The molecule has 0 atom stereocenters. The lowest BCUT2D eigenvalue weighted by Crippen LogP contribution is -2.30. The van der Waals surface area contributed by atoms with Gasteiger partial charge in [0, 0.05) is 22.7 Å². The van der Waals surface area contributed by atoms with Crippen LogP contribution in [0.3, 0.4) is 0 Å². The topological polar surface area (TPSA) is 55.8 Å². The fraction of sp³-hybridized carbons (Fsp3) is 0.231. The van der Waals surface area contributed by atoms with Crippen molar-refractivity contribution < 1.29 is 45.4 Å². The Hall–Kier alpha value is -3.73. The number of hydrogen-bond acceptors (Lipinski definition) is 4. The molecule has 5 nitrogen and oxygen atoms in total. The summed E-state index contributed by atoms with van der Waals surface area (Å²) in [5.41, 5.74) is -1.84. The van der Waals surface area contributed by atoms with Crippen LogP contribution in [0.1, 0.15) is 32.6 Å². The first kappa shape index (κ1) is 28.8. The molecular formula is C26H20ClF6NO4. The third kappa shape index (κ3) is 6.77. The molecule has 0 N–H and O–H groups in total. The summed E-state index contributed by atoms with van der Waals surface area (Å²) >= 11 is 6.16. The number of methoxy groups -OCH3 is 2. The first-order valence-electron chi connectivity index (χ1n) is 10.8. The molecule has 0 bridgehead atoms. The molecule has 38 heavy (non-hydrogen) atoms. The monoisotopic (exact) mass is 559 g/mol. The Kier molecular flexibility index (Phi) is 8.61. The first-order valence-corrected chi connectivity index (χ1v) is 11.2. The van der Waals surface area contributed by atoms with E-state index < -0.39 is 41.7 Å². The van der Waals surface area contributed by atoms with Gasteiger partial charge >= 0.3 is 18.4 Å². The normalized spacial score (nSPS) is 11.7. The summed E-state index contributed by atoms with van der Waals surface area (Å²) in [7, 11) is 2.43. The molecule has 202 valence electrons. The lowest BCUT2D eigenvalue weighted by molar-refractivity contribution is -0.143. The van der Waals surface area contributed by atoms with E-state index >= 15 is 0 Å².